The maximum Gasteiger partial charge on any atom is 0.356 e. The molecule has 0 aliphatic rings. The highest BCUT2D eigenvalue weighted by atomic mass is 31.2. The van der Waals surface area contributed by atoms with Gasteiger partial charge in [0.2, 0.25) is 0 Å². The van der Waals surface area contributed by atoms with E-state index in [9.17, 15) is 9.36 Å². The van der Waals surface area contributed by atoms with Crippen molar-refractivity contribution in [2.24, 2.45) is 0 Å². The molecule has 6 heteroatoms. The molecule has 0 heterocycles. The zero-order chi connectivity index (χ0) is 12.6. The largest absolute Gasteiger partial charge is 0.435 e. The van der Waals surface area contributed by atoms with E-state index in [0.29, 0.717) is 0 Å². The van der Waals surface area contributed by atoms with Gasteiger partial charge in [0.15, 0.2) is 0 Å². The van der Waals surface area contributed by atoms with Crippen molar-refractivity contribution in [2.75, 3.05) is 0 Å². The molecular weight excluding hydrogens is 231 g/mol. The van der Waals surface area contributed by atoms with E-state index < -0.39 is 7.60 Å². The molecule has 16 heavy (non-hydrogen) atoms. The van der Waals surface area contributed by atoms with Crippen LogP contribution in [0, 0.1) is 0 Å². The van der Waals surface area contributed by atoms with E-state index in [1.807, 2.05) is 0 Å². The molecule has 0 saturated carbocycles. The number of carbonyl (C=O) groups is 1. The summed E-state index contributed by atoms with van der Waals surface area (Å²) in [6.45, 7) is 4.48. The first-order valence-corrected chi connectivity index (χ1v) is 5.88. The molecule has 5 nitrogen and oxygen atoms in total. The lowest BCUT2D eigenvalue weighted by atomic mass is 10.4. The number of ether oxygens (including phenoxy) is 1. The fraction of sp³-hybridized carbons (Fsp3) is 0.100. The van der Waals surface area contributed by atoms with E-state index in [1.165, 1.54) is 19.1 Å². The number of hydrogen-bond acceptors (Lipinski definition) is 3. The van der Waals surface area contributed by atoms with Crippen LogP contribution in [0.3, 0.4) is 0 Å². The quantitative estimate of drug-likeness (QED) is 0.463. The Balaban J connectivity index is 0.000000325. The lowest BCUT2D eigenvalue weighted by Gasteiger charge is -2.00. The molecule has 1 aromatic rings. The van der Waals surface area contributed by atoms with Gasteiger partial charge in [-0.25, -0.2) is 0 Å². The lowest BCUT2D eigenvalue weighted by molar-refractivity contribution is -0.135. The molecule has 1 aromatic carbocycles. The summed E-state index contributed by atoms with van der Waals surface area (Å²) < 4.78 is 14.7. The number of hydrogen-bond donors (Lipinski definition) is 2. The van der Waals surface area contributed by atoms with Gasteiger partial charge in [0, 0.05) is 6.92 Å². The van der Waals surface area contributed by atoms with Crippen LogP contribution in [0.1, 0.15) is 6.92 Å². The predicted molar refractivity (Wildman–Crippen MR) is 60.1 cm³/mol. The lowest BCUT2D eigenvalue weighted by Crippen LogP contribution is -2.01. The maximum atomic E-state index is 10.5. The van der Waals surface area contributed by atoms with Gasteiger partial charge in [-0.3, -0.25) is 9.36 Å². The average Bonchev–Trinajstić information content (AvgIpc) is 2.18. The van der Waals surface area contributed by atoms with Crippen molar-refractivity contribution in [3.8, 4) is 0 Å². The minimum absolute atomic E-state index is 0.0648. The summed E-state index contributed by atoms with van der Waals surface area (Å²) in [5, 5.41) is 0.0648. The van der Waals surface area contributed by atoms with Crippen molar-refractivity contribution in [2.45, 2.75) is 6.92 Å². The Morgan fingerprint density at radius 2 is 1.88 bits per heavy atom. The van der Waals surface area contributed by atoms with Gasteiger partial charge in [-0.1, -0.05) is 24.8 Å². The van der Waals surface area contributed by atoms with Crippen LogP contribution in [0.2, 0.25) is 0 Å². The summed E-state index contributed by atoms with van der Waals surface area (Å²) in [5.41, 5.74) is 0. The van der Waals surface area contributed by atoms with Gasteiger partial charge in [0.25, 0.3) is 0 Å². The molecule has 0 aliphatic heterocycles. The van der Waals surface area contributed by atoms with Gasteiger partial charge >= 0.3 is 13.6 Å². The topological polar surface area (TPSA) is 83.8 Å². The second-order valence-corrected chi connectivity index (χ2v) is 4.26. The van der Waals surface area contributed by atoms with Crippen LogP contribution in [0.5, 0.6) is 0 Å². The molecule has 0 radical (unpaired) electrons. The highest BCUT2D eigenvalue weighted by molar-refractivity contribution is 7.60. The van der Waals surface area contributed by atoms with Crippen molar-refractivity contribution < 1.29 is 23.9 Å². The third kappa shape index (κ3) is 6.95. The van der Waals surface area contributed by atoms with Crippen LogP contribution < -0.4 is 5.30 Å². The Bertz CT molecular complexity index is 381. The van der Waals surface area contributed by atoms with E-state index in [4.69, 9.17) is 9.79 Å². The summed E-state index contributed by atoms with van der Waals surface area (Å²) in [5.74, 6) is -0.329. The fourth-order valence-corrected chi connectivity index (χ4v) is 1.30. The Morgan fingerprint density at radius 3 is 2.06 bits per heavy atom. The zero-order valence-corrected chi connectivity index (χ0v) is 9.63. The molecule has 0 fully saturated rings. The Morgan fingerprint density at radius 1 is 1.38 bits per heavy atom. The normalized spacial score (nSPS) is 9.69. The smallest absolute Gasteiger partial charge is 0.356 e. The van der Waals surface area contributed by atoms with Gasteiger partial charge in [-0.2, -0.15) is 0 Å². The van der Waals surface area contributed by atoms with E-state index >= 15 is 0 Å². The molecule has 0 bridgehead atoms. The number of carbonyl (C=O) groups excluding carboxylic acids is 1. The molecular formula is C10H13O5P. The van der Waals surface area contributed by atoms with Crippen LogP contribution in [0.25, 0.3) is 0 Å². The van der Waals surface area contributed by atoms with E-state index in [2.05, 4.69) is 11.3 Å². The van der Waals surface area contributed by atoms with Gasteiger partial charge in [-0.15, -0.1) is 0 Å². The zero-order valence-electron chi connectivity index (χ0n) is 8.74. The Kier molecular flexibility index (Phi) is 6.34. The van der Waals surface area contributed by atoms with E-state index in [1.54, 1.807) is 18.2 Å². The van der Waals surface area contributed by atoms with Gasteiger partial charge < -0.3 is 14.5 Å². The number of esters is 1. The van der Waals surface area contributed by atoms with E-state index in [0.717, 1.165) is 6.26 Å². The predicted octanol–water partition coefficient (Wildman–Crippen LogP) is 1.18. The summed E-state index contributed by atoms with van der Waals surface area (Å²) in [7, 11) is -4.02. The first-order valence-electron chi connectivity index (χ1n) is 4.27. The first kappa shape index (κ1) is 14.6. The molecule has 88 valence electrons. The van der Waals surface area contributed by atoms with Crippen molar-refractivity contribution >= 4 is 18.9 Å². The second kappa shape index (κ2) is 6.95. The monoisotopic (exact) mass is 244 g/mol. The molecule has 0 atom stereocenters. The maximum absolute atomic E-state index is 10.5. The number of rotatable bonds is 2. The van der Waals surface area contributed by atoms with Gasteiger partial charge in [0.1, 0.15) is 0 Å². The molecule has 2 N–H and O–H groups in total. The molecule has 0 unspecified atom stereocenters. The third-order valence-electron chi connectivity index (χ3n) is 1.34. The summed E-state index contributed by atoms with van der Waals surface area (Å²) >= 11 is 0. The average molecular weight is 244 g/mol. The highest BCUT2D eigenvalue weighted by Crippen LogP contribution is 2.32. The van der Waals surface area contributed by atoms with E-state index in [-0.39, 0.29) is 11.3 Å². The molecule has 0 spiro atoms. The summed E-state index contributed by atoms with van der Waals surface area (Å²) in [4.78, 5) is 27.0. The Labute approximate surface area is 93.5 Å². The van der Waals surface area contributed by atoms with Crippen molar-refractivity contribution in [1.29, 1.82) is 0 Å². The van der Waals surface area contributed by atoms with Crippen LogP contribution in [-0.4, -0.2) is 15.8 Å². The minimum Gasteiger partial charge on any atom is -0.435 e. The standard InChI is InChI=1S/C6H7O3P.C4H6O2/c7-10(8,9)6-4-2-1-3-5-6;1-3-6-4(2)5/h1-5H,(H2,7,8,9);3H,1H2,2H3. The first-order chi connectivity index (χ1) is 7.38. The molecule has 0 aromatic heterocycles. The molecule has 0 amide bonds. The molecule has 1 rings (SSSR count). The SMILES string of the molecule is C=COC(C)=O.O=P(O)(O)c1ccccc1. The van der Waals surface area contributed by atoms with Gasteiger partial charge in [-0.05, 0) is 12.1 Å². The van der Waals surface area contributed by atoms with Crippen molar-refractivity contribution in [3.05, 3.63) is 43.2 Å². The van der Waals surface area contributed by atoms with Gasteiger partial charge in [0.05, 0.1) is 11.6 Å². The van der Waals surface area contributed by atoms with Crippen LogP contribution in [-0.2, 0) is 14.1 Å². The second-order valence-electron chi connectivity index (χ2n) is 2.66. The third-order valence-corrected chi connectivity index (χ3v) is 2.31. The summed E-state index contributed by atoms with van der Waals surface area (Å²) in [6.07, 6.45) is 1.10. The minimum atomic E-state index is -4.02. The molecule has 0 saturated heterocycles. The van der Waals surface area contributed by atoms with Crippen LogP contribution in [0.15, 0.2) is 43.2 Å². The van der Waals surface area contributed by atoms with Crippen molar-refractivity contribution in [1.82, 2.24) is 0 Å². The van der Waals surface area contributed by atoms with Crippen LogP contribution >= 0.6 is 7.60 Å². The Hall–Kier alpha value is -1.42. The number of benzene rings is 1. The van der Waals surface area contributed by atoms with Crippen LogP contribution in [0.4, 0.5) is 0 Å². The van der Waals surface area contributed by atoms with Crippen molar-refractivity contribution in [3.63, 3.8) is 0 Å². The highest BCUT2D eigenvalue weighted by Gasteiger charge is 2.14. The summed E-state index contributed by atoms with van der Waals surface area (Å²) in [6, 6.07) is 7.70. The fourth-order valence-electron chi connectivity index (χ4n) is 0.740. The molecule has 0 aliphatic carbocycles.